The van der Waals surface area contributed by atoms with Gasteiger partial charge in [0.05, 0.1) is 20.4 Å². The Balaban J connectivity index is 2.79. The Labute approximate surface area is 88.7 Å². The zero-order valence-corrected chi connectivity index (χ0v) is 7.52. The number of carbonyl (C=O) groups excluding carboxylic acids is 1. The largest absolute Gasteiger partial charge is 0.469 e. The van der Waals surface area contributed by atoms with Crippen LogP contribution >= 0.6 is 0 Å². The van der Waals surface area contributed by atoms with Crippen LogP contribution in [0.15, 0.2) is 30.3 Å². The van der Waals surface area contributed by atoms with E-state index in [1.807, 2.05) is 0 Å². The van der Waals surface area contributed by atoms with Gasteiger partial charge in [-0.3, -0.25) is 4.79 Å². The van der Waals surface area contributed by atoms with E-state index in [-0.39, 0.29) is 53.2 Å². The third-order valence-electron chi connectivity index (χ3n) is 1.88. The molecular formula is C11H11NO2. The third-order valence-corrected chi connectivity index (χ3v) is 1.88. The number of esters is 1. The number of aromatic amines is 1. The van der Waals surface area contributed by atoms with Crippen LogP contribution in [-0.2, 0) is 16.0 Å². The SMILES string of the molecule is [2H]c1[nH]c2c([2H])c([2H])c([2H])c([2H])c2c1CC(=O)OC. The van der Waals surface area contributed by atoms with Crippen molar-refractivity contribution in [2.24, 2.45) is 0 Å². The number of hydrogen-bond acceptors (Lipinski definition) is 2. The molecule has 0 amide bonds. The van der Waals surface area contributed by atoms with Gasteiger partial charge in [0.1, 0.15) is 0 Å². The van der Waals surface area contributed by atoms with Gasteiger partial charge in [-0.05, 0) is 11.6 Å². The minimum absolute atomic E-state index is 0.104. The minimum atomic E-state index is -0.568. The fourth-order valence-corrected chi connectivity index (χ4v) is 1.18. The van der Waals surface area contributed by atoms with E-state index in [0.717, 1.165) is 0 Å². The Morgan fingerprint density at radius 1 is 1.57 bits per heavy atom. The Morgan fingerprint density at radius 2 is 2.36 bits per heavy atom. The molecule has 1 heterocycles. The number of carbonyl (C=O) groups is 1. The fraction of sp³-hybridized carbons (Fsp3) is 0.182. The zero-order chi connectivity index (χ0) is 14.3. The summed E-state index contributed by atoms with van der Waals surface area (Å²) in [6, 6.07) is -1.27. The molecule has 2 rings (SSSR count). The molecule has 1 N–H and O–H groups in total. The van der Waals surface area contributed by atoms with Crippen molar-refractivity contribution < 1.29 is 16.4 Å². The highest BCUT2D eigenvalue weighted by molar-refractivity contribution is 5.87. The van der Waals surface area contributed by atoms with Gasteiger partial charge < -0.3 is 9.72 Å². The summed E-state index contributed by atoms with van der Waals surface area (Å²) in [6.07, 6.45) is -0.315. The van der Waals surface area contributed by atoms with Crippen molar-refractivity contribution in [1.82, 2.24) is 4.98 Å². The molecule has 1 aromatic heterocycles. The Kier molecular flexibility index (Phi) is 1.17. The minimum Gasteiger partial charge on any atom is -0.469 e. The molecule has 14 heavy (non-hydrogen) atoms. The molecule has 1 aromatic carbocycles. The maximum absolute atomic E-state index is 11.3. The number of methoxy groups -OCH3 is 1. The number of rotatable bonds is 2. The first-order valence-electron chi connectivity index (χ1n) is 6.52. The van der Waals surface area contributed by atoms with Crippen molar-refractivity contribution in [3.63, 3.8) is 0 Å². The van der Waals surface area contributed by atoms with E-state index < -0.39 is 5.97 Å². The topological polar surface area (TPSA) is 42.1 Å². The van der Waals surface area contributed by atoms with Crippen LogP contribution in [0, 0.1) is 0 Å². The van der Waals surface area contributed by atoms with Crippen LogP contribution in [0.3, 0.4) is 0 Å². The molecule has 3 nitrogen and oxygen atoms in total. The fourth-order valence-electron chi connectivity index (χ4n) is 1.18. The molecule has 0 saturated carbocycles. The zero-order valence-electron chi connectivity index (χ0n) is 12.5. The maximum atomic E-state index is 11.3. The van der Waals surface area contributed by atoms with Gasteiger partial charge in [0.15, 0.2) is 0 Å². The summed E-state index contributed by atoms with van der Waals surface area (Å²) >= 11 is 0. The molecule has 2 aromatic rings. The second kappa shape index (κ2) is 3.54. The van der Waals surface area contributed by atoms with E-state index in [2.05, 4.69) is 9.72 Å². The van der Waals surface area contributed by atoms with Gasteiger partial charge in [-0.2, -0.15) is 0 Å². The summed E-state index contributed by atoms with van der Waals surface area (Å²) in [5.74, 6) is -0.568. The van der Waals surface area contributed by atoms with Gasteiger partial charge in [-0.25, -0.2) is 0 Å². The van der Waals surface area contributed by atoms with E-state index in [1.54, 1.807) is 0 Å². The third kappa shape index (κ3) is 1.48. The molecule has 0 atom stereocenters. The maximum Gasteiger partial charge on any atom is 0.310 e. The van der Waals surface area contributed by atoms with E-state index in [4.69, 9.17) is 6.85 Å². The lowest BCUT2D eigenvalue weighted by atomic mass is 10.1. The molecule has 0 fully saturated rings. The normalized spacial score (nSPS) is 15.4. The van der Waals surface area contributed by atoms with Crippen LogP contribution in [-0.4, -0.2) is 18.1 Å². The molecule has 0 aliphatic carbocycles. The number of H-pyrrole nitrogens is 1. The second-order valence-corrected chi connectivity index (χ2v) is 2.73. The summed E-state index contributed by atoms with van der Waals surface area (Å²) in [5, 5.41) is 0.168. The highest BCUT2D eigenvalue weighted by Crippen LogP contribution is 2.18. The molecule has 0 bridgehead atoms. The number of benzene rings is 1. The highest BCUT2D eigenvalue weighted by Gasteiger charge is 2.07. The number of nitrogens with one attached hydrogen (secondary N) is 1. The van der Waals surface area contributed by atoms with Gasteiger partial charge in [-0.15, -0.1) is 0 Å². The summed E-state index contributed by atoms with van der Waals surface area (Å²) in [4.78, 5) is 13.9. The summed E-state index contributed by atoms with van der Waals surface area (Å²) in [5.41, 5.74) is 0.351. The molecule has 72 valence electrons. The first kappa shape index (κ1) is 4.64. The lowest BCUT2D eigenvalue weighted by Crippen LogP contribution is -2.03. The van der Waals surface area contributed by atoms with Crippen molar-refractivity contribution in [3.8, 4) is 0 Å². The van der Waals surface area contributed by atoms with Crippen LogP contribution in [0.4, 0.5) is 0 Å². The lowest BCUT2D eigenvalue weighted by molar-refractivity contribution is -0.139. The van der Waals surface area contributed by atoms with Crippen molar-refractivity contribution in [2.75, 3.05) is 7.11 Å². The van der Waals surface area contributed by atoms with Crippen molar-refractivity contribution >= 4 is 16.9 Å². The van der Waals surface area contributed by atoms with E-state index in [9.17, 15) is 4.79 Å². The molecule has 0 saturated heterocycles. The Hall–Kier alpha value is -1.77. The highest BCUT2D eigenvalue weighted by atomic mass is 16.5. The predicted molar refractivity (Wildman–Crippen MR) is 54.0 cm³/mol. The molecule has 3 heteroatoms. The Morgan fingerprint density at radius 3 is 3.14 bits per heavy atom. The van der Waals surface area contributed by atoms with E-state index in [1.165, 1.54) is 7.11 Å². The average molecular weight is 194 g/mol. The summed E-state index contributed by atoms with van der Waals surface area (Å²) < 4.78 is 43.0. The van der Waals surface area contributed by atoms with Gasteiger partial charge in [0.25, 0.3) is 0 Å². The standard InChI is InChI=1S/C11H11NO2/c1-14-11(13)6-8-7-12-10-5-3-2-4-9(8)10/h2-5,7,12H,6H2,1H3/i2D,3D,4D,5D,7D. The first-order chi connectivity index (χ1) is 8.88. The van der Waals surface area contributed by atoms with E-state index in [0.29, 0.717) is 0 Å². The monoisotopic (exact) mass is 194 g/mol. The number of hydrogen-bond donors (Lipinski definition) is 1. The number of para-hydroxylation sites is 1. The summed E-state index contributed by atoms with van der Waals surface area (Å²) in [6.45, 7) is 0. The van der Waals surface area contributed by atoms with Crippen molar-refractivity contribution in [3.05, 3.63) is 35.9 Å². The quantitative estimate of drug-likeness (QED) is 0.742. The first-order valence-corrected chi connectivity index (χ1v) is 4.02. The van der Waals surface area contributed by atoms with Crippen LogP contribution in [0.25, 0.3) is 10.9 Å². The lowest BCUT2D eigenvalue weighted by Gasteiger charge is -1.97. The number of aromatic nitrogens is 1. The van der Waals surface area contributed by atoms with Gasteiger partial charge >= 0.3 is 5.97 Å². The van der Waals surface area contributed by atoms with Gasteiger partial charge in [-0.1, -0.05) is 18.1 Å². The van der Waals surface area contributed by atoms with E-state index >= 15 is 0 Å². The number of fused-ring (bicyclic) bond motifs is 1. The van der Waals surface area contributed by atoms with Crippen LogP contribution in [0.5, 0.6) is 0 Å². The van der Waals surface area contributed by atoms with Crippen LogP contribution < -0.4 is 0 Å². The summed E-state index contributed by atoms with van der Waals surface area (Å²) in [7, 11) is 1.22. The molecular weight excluding hydrogens is 178 g/mol. The van der Waals surface area contributed by atoms with Crippen LogP contribution in [0.1, 0.15) is 12.4 Å². The molecule has 0 aliphatic rings. The van der Waals surface area contributed by atoms with Crippen molar-refractivity contribution in [1.29, 1.82) is 0 Å². The average Bonchev–Trinajstić information content (AvgIpc) is 2.71. The molecule has 0 spiro atoms. The predicted octanol–water partition coefficient (Wildman–Crippen LogP) is 1.88. The van der Waals surface area contributed by atoms with Gasteiger partial charge in [0.2, 0.25) is 0 Å². The number of ether oxygens (including phenoxy) is 1. The Bertz CT molecular complexity index is 680. The molecule has 0 radical (unpaired) electrons. The van der Waals surface area contributed by atoms with Gasteiger partial charge in [0, 0.05) is 17.1 Å². The second-order valence-electron chi connectivity index (χ2n) is 2.73. The van der Waals surface area contributed by atoms with Crippen LogP contribution in [0.2, 0.25) is 0 Å². The smallest absolute Gasteiger partial charge is 0.310 e. The van der Waals surface area contributed by atoms with Crippen molar-refractivity contribution in [2.45, 2.75) is 6.42 Å². The molecule has 0 unspecified atom stereocenters. The molecule has 0 aliphatic heterocycles.